The van der Waals surface area contributed by atoms with E-state index >= 15 is 0 Å². The van der Waals surface area contributed by atoms with Crippen LogP contribution in [-0.2, 0) is 20.7 Å². The first kappa shape index (κ1) is 17.8. The van der Waals surface area contributed by atoms with Gasteiger partial charge in [0.25, 0.3) is 0 Å². The van der Waals surface area contributed by atoms with Crippen molar-refractivity contribution >= 4 is 11.7 Å². The summed E-state index contributed by atoms with van der Waals surface area (Å²) in [5, 5.41) is 10.2. The number of rotatable bonds is 1. The summed E-state index contributed by atoms with van der Waals surface area (Å²) in [6.45, 7) is 4.35. The van der Waals surface area contributed by atoms with E-state index < -0.39 is 11.1 Å². The fourth-order valence-corrected chi connectivity index (χ4v) is 7.97. The Balaban J connectivity index is 1.68. The van der Waals surface area contributed by atoms with E-state index in [2.05, 4.69) is 29.8 Å². The van der Waals surface area contributed by atoms with Gasteiger partial charge >= 0.3 is 5.97 Å². The van der Waals surface area contributed by atoms with Crippen LogP contribution >= 0.6 is 0 Å². The summed E-state index contributed by atoms with van der Waals surface area (Å²) in [7, 11) is 3.62. The summed E-state index contributed by atoms with van der Waals surface area (Å²) >= 11 is 0. The van der Waals surface area contributed by atoms with Crippen molar-refractivity contribution in [2.75, 3.05) is 38.8 Å². The molecule has 5 aliphatic rings. The van der Waals surface area contributed by atoms with Gasteiger partial charge in [0.15, 0.2) is 5.72 Å². The molecule has 4 heterocycles. The number of carbonyl (C=O) groups is 1. The van der Waals surface area contributed by atoms with E-state index in [1.807, 2.05) is 12.1 Å². The maximum Gasteiger partial charge on any atom is 0.315 e. The lowest BCUT2D eigenvalue weighted by Crippen LogP contribution is -2.82. The first-order valence-corrected chi connectivity index (χ1v) is 10.6. The number of ether oxygens (including phenoxy) is 2. The number of likely N-dealkylation sites (N-methyl/N-ethyl adjacent to an activating group) is 1. The Hall–Kier alpha value is -2.05. The molecule has 4 aliphatic heterocycles. The number of hydrogen-bond donors (Lipinski definition) is 1. The number of anilines is 1. The standard InChI is InChI=1S/C23H28N2O4/c1-4-14-12-25-8-7-21-11-15-9-16(26)5-6-18(15)24(2)23(21)19(25)10-17(14)22(21,13-29-23)20(27)28-3/h4-6,9,17,19,26H,7-8,10-13H2,1-3H3. The van der Waals surface area contributed by atoms with E-state index in [-0.39, 0.29) is 29.1 Å². The highest BCUT2D eigenvalue weighted by Crippen LogP contribution is 2.75. The Labute approximate surface area is 171 Å². The topological polar surface area (TPSA) is 62.2 Å². The Morgan fingerprint density at radius 2 is 2.24 bits per heavy atom. The van der Waals surface area contributed by atoms with Gasteiger partial charge in [-0.2, -0.15) is 0 Å². The largest absolute Gasteiger partial charge is 0.508 e. The highest BCUT2D eigenvalue weighted by Gasteiger charge is 2.84. The molecule has 0 aromatic heterocycles. The van der Waals surface area contributed by atoms with Crippen LogP contribution < -0.4 is 4.90 Å². The molecule has 1 saturated carbocycles. The summed E-state index contributed by atoms with van der Waals surface area (Å²) < 4.78 is 12.3. The van der Waals surface area contributed by atoms with Crippen molar-refractivity contribution < 1.29 is 19.4 Å². The van der Waals surface area contributed by atoms with Gasteiger partial charge in [0.2, 0.25) is 0 Å². The van der Waals surface area contributed by atoms with Gasteiger partial charge in [0.05, 0.1) is 19.8 Å². The molecule has 5 unspecified atom stereocenters. The van der Waals surface area contributed by atoms with Crippen molar-refractivity contribution in [3.63, 3.8) is 0 Å². The molecule has 4 fully saturated rings. The van der Waals surface area contributed by atoms with E-state index in [4.69, 9.17) is 9.47 Å². The number of phenolic OH excluding ortho intramolecular Hbond substituents is 1. The van der Waals surface area contributed by atoms with Crippen molar-refractivity contribution in [3.05, 3.63) is 35.4 Å². The van der Waals surface area contributed by atoms with Gasteiger partial charge in [-0.3, -0.25) is 9.69 Å². The molecule has 6 nitrogen and oxygen atoms in total. The van der Waals surface area contributed by atoms with E-state index in [1.54, 1.807) is 6.07 Å². The quantitative estimate of drug-likeness (QED) is 0.581. The SMILES string of the molecule is CC=C1CN2CCC34Cc5cc(O)ccc5N(C)C35OCC4(C(=O)OC)C1CC25. The summed E-state index contributed by atoms with van der Waals surface area (Å²) in [5.41, 5.74) is 1.92. The van der Waals surface area contributed by atoms with E-state index in [0.29, 0.717) is 6.61 Å². The zero-order valence-corrected chi connectivity index (χ0v) is 17.3. The number of benzene rings is 1. The predicted molar refractivity (Wildman–Crippen MR) is 108 cm³/mol. The number of esters is 1. The minimum atomic E-state index is -0.690. The summed E-state index contributed by atoms with van der Waals surface area (Å²) in [5.74, 6) is 0.284. The number of fused-ring (bicyclic) bond motifs is 3. The lowest BCUT2D eigenvalue weighted by Gasteiger charge is -2.71. The molecule has 29 heavy (non-hydrogen) atoms. The van der Waals surface area contributed by atoms with Gasteiger partial charge in [-0.15, -0.1) is 0 Å². The minimum absolute atomic E-state index is 0.130. The number of aromatic hydroxyl groups is 1. The zero-order valence-electron chi connectivity index (χ0n) is 17.3. The zero-order chi connectivity index (χ0) is 20.2. The maximum absolute atomic E-state index is 13.6. The second-order valence-electron chi connectivity index (χ2n) is 9.47. The second-order valence-corrected chi connectivity index (χ2v) is 9.47. The van der Waals surface area contributed by atoms with Crippen LogP contribution in [0, 0.1) is 16.7 Å². The van der Waals surface area contributed by atoms with Crippen molar-refractivity contribution in [1.82, 2.24) is 4.90 Å². The van der Waals surface area contributed by atoms with Gasteiger partial charge in [-0.1, -0.05) is 11.6 Å². The molecule has 0 amide bonds. The monoisotopic (exact) mass is 396 g/mol. The van der Waals surface area contributed by atoms with Gasteiger partial charge in [0, 0.05) is 30.6 Å². The molecular formula is C23H28N2O4. The Morgan fingerprint density at radius 3 is 3.00 bits per heavy atom. The van der Waals surface area contributed by atoms with Crippen LogP contribution in [0.1, 0.15) is 25.3 Å². The highest BCUT2D eigenvalue weighted by atomic mass is 16.6. The molecule has 1 aliphatic carbocycles. The molecule has 1 aromatic rings. The van der Waals surface area contributed by atoms with Gasteiger partial charge in [0.1, 0.15) is 11.2 Å². The third kappa shape index (κ3) is 1.65. The smallest absolute Gasteiger partial charge is 0.315 e. The van der Waals surface area contributed by atoms with Crippen LogP contribution in [-0.4, -0.2) is 61.6 Å². The van der Waals surface area contributed by atoms with Gasteiger partial charge < -0.3 is 19.5 Å². The molecule has 1 aromatic carbocycles. The normalized spacial score (nSPS) is 43.3. The summed E-state index contributed by atoms with van der Waals surface area (Å²) in [6.07, 6.45) is 4.75. The number of nitrogens with zero attached hydrogens (tertiary/aromatic N) is 2. The van der Waals surface area contributed by atoms with Crippen LogP contribution in [0.5, 0.6) is 5.75 Å². The number of methoxy groups -OCH3 is 1. The molecule has 0 radical (unpaired) electrons. The molecular weight excluding hydrogens is 368 g/mol. The predicted octanol–water partition coefficient (Wildman–Crippen LogP) is 2.31. The molecule has 0 spiro atoms. The number of phenols is 1. The number of hydrogen-bond acceptors (Lipinski definition) is 6. The summed E-state index contributed by atoms with van der Waals surface area (Å²) in [4.78, 5) is 18.5. The van der Waals surface area contributed by atoms with E-state index in [9.17, 15) is 9.90 Å². The van der Waals surface area contributed by atoms with Crippen LogP contribution in [0.4, 0.5) is 5.69 Å². The lowest BCUT2D eigenvalue weighted by atomic mass is 9.41. The molecule has 1 N–H and O–H groups in total. The number of carbonyl (C=O) groups excluding carboxylic acids is 1. The Kier molecular flexibility index (Phi) is 3.28. The second kappa shape index (κ2) is 5.35. The van der Waals surface area contributed by atoms with Crippen molar-refractivity contribution in [2.24, 2.45) is 16.7 Å². The third-order valence-electron chi connectivity index (χ3n) is 9.00. The molecule has 6 heteroatoms. The van der Waals surface area contributed by atoms with E-state index in [0.717, 1.165) is 43.6 Å². The van der Waals surface area contributed by atoms with Crippen molar-refractivity contribution in [1.29, 1.82) is 0 Å². The first-order chi connectivity index (χ1) is 13.9. The molecule has 3 saturated heterocycles. The van der Waals surface area contributed by atoms with E-state index in [1.165, 1.54) is 12.7 Å². The molecule has 5 bridgehead atoms. The molecule has 5 atom stereocenters. The van der Waals surface area contributed by atoms with Crippen LogP contribution in [0.15, 0.2) is 29.8 Å². The fourth-order valence-electron chi connectivity index (χ4n) is 7.97. The summed E-state index contributed by atoms with van der Waals surface area (Å²) in [6, 6.07) is 5.85. The number of allylic oxidation sites excluding steroid dienone is 1. The van der Waals surface area contributed by atoms with Gasteiger partial charge in [-0.05, 0) is 56.5 Å². The van der Waals surface area contributed by atoms with Crippen molar-refractivity contribution in [2.45, 2.75) is 38.0 Å². The highest BCUT2D eigenvalue weighted by molar-refractivity contribution is 5.82. The van der Waals surface area contributed by atoms with Crippen LogP contribution in [0.2, 0.25) is 0 Å². The van der Waals surface area contributed by atoms with Crippen LogP contribution in [0.25, 0.3) is 0 Å². The maximum atomic E-state index is 13.6. The minimum Gasteiger partial charge on any atom is -0.508 e. The van der Waals surface area contributed by atoms with Crippen molar-refractivity contribution in [3.8, 4) is 5.75 Å². The Bertz CT molecular complexity index is 960. The van der Waals surface area contributed by atoms with Gasteiger partial charge in [-0.25, -0.2) is 0 Å². The van der Waals surface area contributed by atoms with Crippen LogP contribution in [0.3, 0.4) is 0 Å². The fraction of sp³-hybridized carbons (Fsp3) is 0.609. The average molecular weight is 396 g/mol. The average Bonchev–Trinajstić information content (AvgIpc) is 2.95. The molecule has 6 rings (SSSR count). The Morgan fingerprint density at radius 1 is 1.41 bits per heavy atom. The first-order valence-electron chi connectivity index (χ1n) is 10.6. The lowest BCUT2D eigenvalue weighted by molar-refractivity contribution is -0.218. The molecule has 154 valence electrons. The number of piperidine rings is 2. The third-order valence-corrected chi connectivity index (χ3v) is 9.00.